The van der Waals surface area contributed by atoms with Crippen LogP contribution in [0.15, 0.2) is 30.3 Å². The predicted molar refractivity (Wildman–Crippen MR) is 102 cm³/mol. The molecule has 1 aromatic carbocycles. The van der Waals surface area contributed by atoms with Crippen LogP contribution >= 0.6 is 0 Å². The monoisotopic (exact) mass is 373 g/mol. The summed E-state index contributed by atoms with van der Waals surface area (Å²) in [6.45, 7) is 4.42. The number of aliphatic hydroxyl groups is 1. The zero-order valence-corrected chi connectivity index (χ0v) is 15.7. The SMILES string of the molecule is O=C1NC2(CCCC2)C(=O)N1C[C@H](O)C[NH+]1CCN(c2ccccc2)CC1. The third kappa shape index (κ3) is 3.66. The number of carbonyl (C=O) groups is 2. The molecule has 1 aromatic rings. The first-order valence-corrected chi connectivity index (χ1v) is 10.0. The molecule has 1 spiro atoms. The van der Waals surface area contributed by atoms with Crippen LogP contribution in [-0.4, -0.2) is 72.9 Å². The standard InChI is InChI=1S/C20H28N4O3/c25-17(15-24-18(26)20(21-19(24)27)8-4-5-9-20)14-22-10-12-23(13-11-22)16-6-2-1-3-7-16/h1-3,6-7,17,25H,4-5,8-15H2,(H,21,27)/p+1/t17-/m1/s1. The molecule has 7 heteroatoms. The molecule has 2 aliphatic heterocycles. The Hall–Kier alpha value is -2.12. The van der Waals surface area contributed by atoms with Gasteiger partial charge >= 0.3 is 6.03 Å². The minimum atomic E-state index is -0.690. The molecule has 2 heterocycles. The van der Waals surface area contributed by atoms with Crippen molar-refractivity contribution in [2.45, 2.75) is 37.3 Å². The molecule has 27 heavy (non-hydrogen) atoms. The second kappa shape index (κ2) is 7.48. The van der Waals surface area contributed by atoms with Gasteiger partial charge in [-0.1, -0.05) is 31.0 Å². The molecule has 0 radical (unpaired) electrons. The van der Waals surface area contributed by atoms with Crippen LogP contribution in [0.2, 0.25) is 0 Å². The number of benzene rings is 1. The molecule has 1 atom stereocenters. The third-order valence-electron chi connectivity index (χ3n) is 6.21. The van der Waals surface area contributed by atoms with E-state index in [2.05, 4.69) is 22.3 Å². The molecule has 7 nitrogen and oxygen atoms in total. The molecular weight excluding hydrogens is 344 g/mol. The number of hydrogen-bond acceptors (Lipinski definition) is 4. The van der Waals surface area contributed by atoms with E-state index >= 15 is 0 Å². The summed E-state index contributed by atoms with van der Waals surface area (Å²) < 4.78 is 0. The van der Waals surface area contributed by atoms with Gasteiger partial charge in [0.1, 0.15) is 18.2 Å². The molecule has 3 N–H and O–H groups in total. The summed E-state index contributed by atoms with van der Waals surface area (Å²) in [4.78, 5) is 29.8. The maximum atomic E-state index is 12.7. The first-order valence-electron chi connectivity index (χ1n) is 10.0. The third-order valence-corrected chi connectivity index (χ3v) is 6.21. The van der Waals surface area contributed by atoms with E-state index in [4.69, 9.17) is 0 Å². The van der Waals surface area contributed by atoms with Gasteiger partial charge in [-0.05, 0) is 25.0 Å². The average molecular weight is 373 g/mol. The van der Waals surface area contributed by atoms with Crippen LogP contribution in [-0.2, 0) is 4.79 Å². The van der Waals surface area contributed by atoms with Crippen molar-refractivity contribution in [3.8, 4) is 0 Å². The number of aliphatic hydroxyl groups excluding tert-OH is 1. The quantitative estimate of drug-likeness (QED) is 0.615. The number of nitrogens with one attached hydrogen (secondary N) is 2. The molecule has 3 aliphatic rings. The number of amides is 3. The number of carbonyl (C=O) groups excluding carboxylic acids is 2. The summed E-state index contributed by atoms with van der Waals surface area (Å²) in [5.74, 6) is -0.145. The Bertz CT molecular complexity index is 682. The molecule has 1 aliphatic carbocycles. The molecular formula is C20H29N4O3+. The summed E-state index contributed by atoms with van der Waals surface area (Å²) in [6, 6.07) is 10.0. The fraction of sp³-hybridized carbons (Fsp3) is 0.600. The number of nitrogens with zero attached hydrogens (tertiary/aromatic N) is 2. The summed E-state index contributed by atoms with van der Waals surface area (Å²) in [5, 5.41) is 13.4. The van der Waals surface area contributed by atoms with Gasteiger partial charge in [-0.15, -0.1) is 0 Å². The molecule has 146 valence electrons. The maximum absolute atomic E-state index is 12.7. The normalized spacial score (nSPS) is 23.9. The fourth-order valence-electron chi connectivity index (χ4n) is 4.69. The summed E-state index contributed by atoms with van der Waals surface area (Å²) in [5.41, 5.74) is 0.545. The van der Waals surface area contributed by atoms with Gasteiger partial charge in [-0.25, -0.2) is 4.79 Å². The summed E-state index contributed by atoms with van der Waals surface area (Å²) >= 11 is 0. The van der Waals surface area contributed by atoms with Crippen LogP contribution < -0.4 is 15.1 Å². The number of rotatable bonds is 5. The van der Waals surface area contributed by atoms with Gasteiger partial charge in [-0.3, -0.25) is 9.69 Å². The number of para-hydroxylation sites is 1. The summed E-state index contributed by atoms with van der Waals surface area (Å²) in [6.07, 6.45) is 2.69. The average Bonchev–Trinajstić information content (AvgIpc) is 3.24. The maximum Gasteiger partial charge on any atom is 0.325 e. The van der Waals surface area contributed by atoms with Crippen molar-refractivity contribution >= 4 is 17.6 Å². The molecule has 2 saturated heterocycles. The number of imide groups is 1. The topological polar surface area (TPSA) is 77.3 Å². The second-order valence-electron chi connectivity index (χ2n) is 8.07. The van der Waals surface area contributed by atoms with Gasteiger partial charge in [-0.2, -0.15) is 0 Å². The van der Waals surface area contributed by atoms with E-state index in [1.165, 1.54) is 15.5 Å². The van der Waals surface area contributed by atoms with E-state index in [0.717, 1.165) is 51.9 Å². The smallest absolute Gasteiger partial charge is 0.325 e. The van der Waals surface area contributed by atoms with E-state index in [0.29, 0.717) is 6.54 Å². The lowest BCUT2D eigenvalue weighted by Crippen LogP contribution is -3.16. The highest BCUT2D eigenvalue weighted by atomic mass is 16.3. The fourth-order valence-corrected chi connectivity index (χ4v) is 4.69. The molecule has 0 bridgehead atoms. The van der Waals surface area contributed by atoms with Crippen molar-refractivity contribution in [2.75, 3.05) is 44.2 Å². The van der Waals surface area contributed by atoms with Gasteiger partial charge in [0.15, 0.2) is 0 Å². The minimum absolute atomic E-state index is 0.0956. The molecule has 0 aromatic heterocycles. The highest BCUT2D eigenvalue weighted by Crippen LogP contribution is 2.34. The number of piperazine rings is 1. The van der Waals surface area contributed by atoms with Crippen LogP contribution in [0.5, 0.6) is 0 Å². The summed E-state index contributed by atoms with van der Waals surface area (Å²) in [7, 11) is 0. The Morgan fingerprint density at radius 2 is 1.78 bits per heavy atom. The van der Waals surface area contributed by atoms with Gasteiger partial charge in [0.05, 0.1) is 32.7 Å². The van der Waals surface area contributed by atoms with Crippen molar-refractivity contribution in [2.24, 2.45) is 0 Å². The van der Waals surface area contributed by atoms with Gasteiger partial charge < -0.3 is 20.2 Å². The highest BCUT2D eigenvalue weighted by molar-refractivity contribution is 6.07. The number of β-amino-alcohol motifs (C(OH)–C–C–N with tert-alkyl or cyclic N) is 1. The zero-order valence-electron chi connectivity index (χ0n) is 15.7. The Morgan fingerprint density at radius 1 is 1.11 bits per heavy atom. The Morgan fingerprint density at radius 3 is 2.44 bits per heavy atom. The van der Waals surface area contributed by atoms with Crippen molar-refractivity contribution in [3.05, 3.63) is 30.3 Å². The molecule has 3 amide bonds. The lowest BCUT2D eigenvalue weighted by Gasteiger charge is -2.34. The Labute approximate surface area is 159 Å². The second-order valence-corrected chi connectivity index (χ2v) is 8.07. The lowest BCUT2D eigenvalue weighted by molar-refractivity contribution is -0.903. The van der Waals surface area contributed by atoms with E-state index in [9.17, 15) is 14.7 Å². The highest BCUT2D eigenvalue weighted by Gasteiger charge is 2.52. The first-order chi connectivity index (χ1) is 13.1. The number of anilines is 1. The van der Waals surface area contributed by atoms with Crippen LogP contribution in [0.1, 0.15) is 25.7 Å². The lowest BCUT2D eigenvalue weighted by atomic mass is 9.98. The molecule has 3 fully saturated rings. The van der Waals surface area contributed by atoms with E-state index < -0.39 is 11.6 Å². The van der Waals surface area contributed by atoms with E-state index in [1.54, 1.807) is 0 Å². The zero-order chi connectivity index (χ0) is 18.9. The van der Waals surface area contributed by atoms with Crippen LogP contribution in [0.3, 0.4) is 0 Å². The van der Waals surface area contributed by atoms with Gasteiger partial charge in [0.25, 0.3) is 5.91 Å². The molecule has 4 rings (SSSR count). The van der Waals surface area contributed by atoms with Crippen molar-refractivity contribution in [3.63, 3.8) is 0 Å². The molecule has 0 unspecified atom stereocenters. The van der Waals surface area contributed by atoms with Crippen molar-refractivity contribution < 1.29 is 19.6 Å². The van der Waals surface area contributed by atoms with Crippen molar-refractivity contribution in [1.29, 1.82) is 0 Å². The number of urea groups is 1. The molecule has 1 saturated carbocycles. The van der Waals surface area contributed by atoms with Crippen LogP contribution in [0.25, 0.3) is 0 Å². The predicted octanol–water partition coefficient (Wildman–Crippen LogP) is -0.383. The van der Waals surface area contributed by atoms with Crippen LogP contribution in [0, 0.1) is 0 Å². The minimum Gasteiger partial charge on any atom is -0.385 e. The van der Waals surface area contributed by atoms with Crippen LogP contribution in [0.4, 0.5) is 10.5 Å². The Kier molecular flexibility index (Phi) is 5.06. The van der Waals surface area contributed by atoms with Gasteiger partial charge in [0, 0.05) is 5.69 Å². The first kappa shape index (κ1) is 18.3. The largest absolute Gasteiger partial charge is 0.385 e. The van der Waals surface area contributed by atoms with Crippen molar-refractivity contribution in [1.82, 2.24) is 10.2 Å². The number of hydrogen-bond donors (Lipinski definition) is 3. The van der Waals surface area contributed by atoms with E-state index in [-0.39, 0.29) is 18.5 Å². The Balaban J connectivity index is 1.27. The number of quaternary nitrogens is 1. The van der Waals surface area contributed by atoms with E-state index in [1.807, 2.05) is 18.2 Å². The van der Waals surface area contributed by atoms with Gasteiger partial charge in [0.2, 0.25) is 0 Å².